The number of halogens is 1. The van der Waals surface area contributed by atoms with E-state index in [1.807, 2.05) is 7.05 Å². The summed E-state index contributed by atoms with van der Waals surface area (Å²) in [4.78, 5) is 14.6. The van der Waals surface area contributed by atoms with Gasteiger partial charge in [0.2, 0.25) is 0 Å². The summed E-state index contributed by atoms with van der Waals surface area (Å²) in [5, 5.41) is 11.9. The minimum absolute atomic E-state index is 0. The number of likely N-dealkylation sites (tertiary alicyclic amines) is 1. The zero-order valence-electron chi connectivity index (χ0n) is 17.1. The first-order valence-corrected chi connectivity index (χ1v) is 10.2. The van der Waals surface area contributed by atoms with Gasteiger partial charge in [-0.2, -0.15) is 5.10 Å². The molecule has 0 atom stereocenters. The minimum atomic E-state index is 0. The molecule has 1 aliphatic heterocycles. The van der Waals surface area contributed by atoms with Gasteiger partial charge < -0.3 is 15.2 Å². The topological polar surface area (TPSA) is 85.0 Å². The van der Waals surface area contributed by atoms with Crippen molar-refractivity contribution in [2.45, 2.75) is 38.5 Å². The van der Waals surface area contributed by atoms with Crippen LogP contribution in [-0.2, 0) is 12.8 Å². The van der Waals surface area contributed by atoms with Gasteiger partial charge in [-0.15, -0.1) is 24.0 Å². The van der Waals surface area contributed by atoms with Crippen molar-refractivity contribution < 1.29 is 0 Å². The fourth-order valence-electron chi connectivity index (χ4n) is 4.19. The molecule has 3 heterocycles. The number of guanidine groups is 1. The standard InChI is InChI=1S/C21H29N7.HI/c1-3-15-5-4-6-18-17(13-24-19(15)18)7-10-23-21(22-2)28-11-8-16(9-12-28)20-25-14-26-27-20;/h4-6,13-14,16,24H,3,7-12H2,1-2H3,(H,22,23)(H,25,26,27);1H. The van der Waals surface area contributed by atoms with Gasteiger partial charge in [0.1, 0.15) is 12.2 Å². The molecule has 0 bridgehead atoms. The Morgan fingerprint density at radius 1 is 1.28 bits per heavy atom. The Kier molecular flexibility index (Phi) is 7.51. The molecule has 8 heteroatoms. The maximum absolute atomic E-state index is 4.50. The van der Waals surface area contributed by atoms with Crippen LogP contribution in [0.5, 0.6) is 0 Å². The molecular weight excluding hydrogens is 477 g/mol. The maximum Gasteiger partial charge on any atom is 0.193 e. The molecule has 0 spiro atoms. The first-order valence-electron chi connectivity index (χ1n) is 10.2. The molecule has 0 unspecified atom stereocenters. The molecule has 1 aliphatic rings. The molecule has 7 nitrogen and oxygen atoms in total. The van der Waals surface area contributed by atoms with E-state index in [1.54, 1.807) is 6.33 Å². The summed E-state index contributed by atoms with van der Waals surface area (Å²) in [5.41, 5.74) is 4.01. The summed E-state index contributed by atoms with van der Waals surface area (Å²) in [7, 11) is 1.87. The van der Waals surface area contributed by atoms with Crippen molar-refractivity contribution in [1.82, 2.24) is 30.4 Å². The van der Waals surface area contributed by atoms with Crippen molar-refractivity contribution >= 4 is 40.8 Å². The largest absolute Gasteiger partial charge is 0.361 e. The highest BCUT2D eigenvalue weighted by Gasteiger charge is 2.24. The van der Waals surface area contributed by atoms with E-state index in [2.05, 4.69) is 66.7 Å². The first-order chi connectivity index (χ1) is 13.8. The predicted molar refractivity (Wildman–Crippen MR) is 128 cm³/mol. The van der Waals surface area contributed by atoms with Crippen LogP contribution in [0.3, 0.4) is 0 Å². The highest BCUT2D eigenvalue weighted by Crippen LogP contribution is 2.25. The number of para-hydroxylation sites is 1. The van der Waals surface area contributed by atoms with Gasteiger partial charge in [0.25, 0.3) is 0 Å². The Morgan fingerprint density at radius 3 is 2.79 bits per heavy atom. The number of aliphatic imine (C=N–C) groups is 1. The Hall–Kier alpha value is -2.10. The molecule has 1 aromatic carbocycles. The molecule has 0 radical (unpaired) electrons. The van der Waals surface area contributed by atoms with Crippen LogP contribution in [0, 0.1) is 0 Å². The molecule has 1 fully saturated rings. The van der Waals surface area contributed by atoms with E-state index in [0.29, 0.717) is 5.92 Å². The van der Waals surface area contributed by atoms with Crippen LogP contribution in [-0.4, -0.2) is 57.7 Å². The number of aromatic nitrogens is 4. The molecule has 3 aromatic rings. The Morgan fingerprint density at radius 2 is 2.10 bits per heavy atom. The second kappa shape index (κ2) is 10.1. The van der Waals surface area contributed by atoms with E-state index in [-0.39, 0.29) is 24.0 Å². The second-order valence-electron chi connectivity index (χ2n) is 7.36. The molecule has 2 aromatic heterocycles. The number of hydrogen-bond acceptors (Lipinski definition) is 3. The third-order valence-electron chi connectivity index (χ3n) is 5.77. The number of fused-ring (bicyclic) bond motifs is 1. The molecule has 0 aliphatic carbocycles. The Labute approximate surface area is 188 Å². The van der Waals surface area contributed by atoms with Gasteiger partial charge in [0, 0.05) is 49.7 Å². The van der Waals surface area contributed by atoms with E-state index < -0.39 is 0 Å². The van der Waals surface area contributed by atoms with Crippen molar-refractivity contribution in [2.24, 2.45) is 4.99 Å². The first kappa shape index (κ1) is 21.6. The Bertz CT molecular complexity index is 924. The number of rotatable bonds is 5. The lowest BCUT2D eigenvalue weighted by Gasteiger charge is -2.33. The third-order valence-corrected chi connectivity index (χ3v) is 5.77. The minimum Gasteiger partial charge on any atom is -0.361 e. The van der Waals surface area contributed by atoms with E-state index in [0.717, 1.165) is 57.1 Å². The van der Waals surface area contributed by atoms with Gasteiger partial charge in [-0.1, -0.05) is 25.1 Å². The lowest BCUT2D eigenvalue weighted by molar-refractivity contribution is 0.299. The summed E-state index contributed by atoms with van der Waals surface area (Å²) in [5.74, 6) is 2.47. The van der Waals surface area contributed by atoms with Crippen molar-refractivity contribution in [3.8, 4) is 0 Å². The van der Waals surface area contributed by atoms with Crippen LogP contribution in [0.2, 0.25) is 0 Å². The average Bonchev–Trinajstić information content (AvgIpc) is 3.42. The van der Waals surface area contributed by atoms with Crippen molar-refractivity contribution in [3.63, 3.8) is 0 Å². The number of benzene rings is 1. The molecular formula is C21H30IN7. The molecule has 1 saturated heterocycles. The van der Waals surface area contributed by atoms with Gasteiger partial charge in [0.05, 0.1) is 0 Å². The summed E-state index contributed by atoms with van der Waals surface area (Å²) >= 11 is 0. The monoisotopic (exact) mass is 507 g/mol. The van der Waals surface area contributed by atoms with Crippen molar-refractivity contribution in [3.05, 3.63) is 47.7 Å². The summed E-state index contributed by atoms with van der Waals surface area (Å²) in [6, 6.07) is 6.57. The molecule has 4 rings (SSSR count). The van der Waals surface area contributed by atoms with Crippen LogP contribution < -0.4 is 5.32 Å². The van der Waals surface area contributed by atoms with E-state index in [1.165, 1.54) is 22.0 Å². The van der Waals surface area contributed by atoms with Crippen LogP contribution in [0.25, 0.3) is 10.9 Å². The fraction of sp³-hybridized carbons (Fsp3) is 0.476. The molecule has 29 heavy (non-hydrogen) atoms. The lowest BCUT2D eigenvalue weighted by atomic mass is 9.96. The number of nitrogens with one attached hydrogen (secondary N) is 3. The van der Waals surface area contributed by atoms with Crippen LogP contribution in [0.1, 0.15) is 42.6 Å². The highest BCUT2D eigenvalue weighted by molar-refractivity contribution is 14.0. The van der Waals surface area contributed by atoms with Gasteiger partial charge in [-0.05, 0) is 36.8 Å². The van der Waals surface area contributed by atoms with Gasteiger partial charge in [-0.3, -0.25) is 10.1 Å². The highest BCUT2D eigenvalue weighted by atomic mass is 127. The lowest BCUT2D eigenvalue weighted by Crippen LogP contribution is -2.45. The molecule has 3 N–H and O–H groups in total. The smallest absolute Gasteiger partial charge is 0.193 e. The van der Waals surface area contributed by atoms with Gasteiger partial charge in [0.15, 0.2) is 5.96 Å². The van der Waals surface area contributed by atoms with E-state index in [4.69, 9.17) is 0 Å². The predicted octanol–water partition coefficient (Wildman–Crippen LogP) is 3.46. The van der Waals surface area contributed by atoms with Crippen LogP contribution in [0.15, 0.2) is 35.7 Å². The third kappa shape index (κ3) is 4.73. The number of aryl methyl sites for hydroxylation is 1. The number of H-pyrrole nitrogens is 2. The fourth-order valence-corrected chi connectivity index (χ4v) is 4.19. The molecule has 0 amide bonds. The van der Waals surface area contributed by atoms with Crippen LogP contribution >= 0.6 is 24.0 Å². The zero-order chi connectivity index (χ0) is 19.3. The zero-order valence-corrected chi connectivity index (χ0v) is 19.4. The number of nitrogens with zero attached hydrogens (tertiary/aromatic N) is 4. The molecule has 156 valence electrons. The summed E-state index contributed by atoms with van der Waals surface area (Å²) in [6.07, 6.45) is 7.90. The quantitative estimate of drug-likeness (QED) is 0.281. The van der Waals surface area contributed by atoms with Crippen LogP contribution in [0.4, 0.5) is 0 Å². The second-order valence-corrected chi connectivity index (χ2v) is 7.36. The van der Waals surface area contributed by atoms with Crippen molar-refractivity contribution in [1.29, 1.82) is 0 Å². The van der Waals surface area contributed by atoms with E-state index in [9.17, 15) is 0 Å². The number of piperidine rings is 1. The Balaban J connectivity index is 0.00000240. The number of hydrogen-bond donors (Lipinski definition) is 3. The van der Waals surface area contributed by atoms with Gasteiger partial charge in [-0.25, -0.2) is 4.98 Å². The van der Waals surface area contributed by atoms with Gasteiger partial charge >= 0.3 is 0 Å². The molecule has 0 saturated carbocycles. The summed E-state index contributed by atoms with van der Waals surface area (Å²) < 4.78 is 0. The van der Waals surface area contributed by atoms with E-state index >= 15 is 0 Å². The maximum atomic E-state index is 4.50. The summed E-state index contributed by atoms with van der Waals surface area (Å²) in [6.45, 7) is 5.04. The normalized spacial score (nSPS) is 15.5. The van der Waals surface area contributed by atoms with Crippen molar-refractivity contribution in [2.75, 3.05) is 26.7 Å². The SMILES string of the molecule is CCc1cccc2c(CCNC(=NC)N3CCC(c4ncn[nH]4)CC3)c[nH]c12.I. The number of aromatic amines is 2. The average molecular weight is 507 g/mol.